The van der Waals surface area contributed by atoms with Crippen molar-refractivity contribution in [1.82, 2.24) is 10.2 Å². The molecule has 1 heterocycles. The first-order valence-corrected chi connectivity index (χ1v) is 9.14. The van der Waals surface area contributed by atoms with Crippen LogP contribution in [0.1, 0.15) is 39.2 Å². The van der Waals surface area contributed by atoms with Gasteiger partial charge < -0.3 is 14.8 Å². The maximum absolute atomic E-state index is 12.3. The number of carbonyl (C=O) groups is 2. The molecular weight excluding hydrogens is 332 g/mol. The summed E-state index contributed by atoms with van der Waals surface area (Å²) in [6.07, 6.45) is 1.97. The number of ether oxygens (including phenoxy) is 2. The van der Waals surface area contributed by atoms with Gasteiger partial charge in [-0.3, -0.25) is 9.69 Å². The number of rotatable bonds is 6. The number of hydrogen-bond acceptors (Lipinski definition) is 5. The Balaban J connectivity index is 2.07. The van der Waals surface area contributed by atoms with Gasteiger partial charge in [0.25, 0.3) is 0 Å². The van der Waals surface area contributed by atoms with Crippen molar-refractivity contribution >= 4 is 12.1 Å². The number of likely N-dealkylation sites (tertiary alicyclic amines) is 1. The third kappa shape index (κ3) is 6.33. The molecular formula is C20H30N2O4. The Labute approximate surface area is 155 Å². The lowest BCUT2D eigenvalue weighted by molar-refractivity contribution is -0.145. The SMILES string of the molecule is COC(=O)[C@@H]1CCCN1CC(Cc1ccccc1)NC(=O)OC(C)(C)C. The molecule has 1 N–H and O–H groups in total. The van der Waals surface area contributed by atoms with E-state index in [4.69, 9.17) is 9.47 Å². The number of nitrogens with zero attached hydrogens (tertiary/aromatic N) is 1. The minimum Gasteiger partial charge on any atom is -0.468 e. The van der Waals surface area contributed by atoms with Gasteiger partial charge >= 0.3 is 12.1 Å². The molecule has 2 atom stereocenters. The van der Waals surface area contributed by atoms with Crippen molar-refractivity contribution in [2.45, 2.75) is 57.7 Å². The molecule has 1 amide bonds. The van der Waals surface area contributed by atoms with Crippen LogP contribution in [0.3, 0.4) is 0 Å². The second-order valence-electron chi connectivity index (χ2n) is 7.71. The number of carbonyl (C=O) groups excluding carboxylic acids is 2. The molecule has 6 nitrogen and oxygen atoms in total. The number of esters is 1. The summed E-state index contributed by atoms with van der Waals surface area (Å²) in [5, 5.41) is 2.97. The predicted molar refractivity (Wildman–Crippen MR) is 99.9 cm³/mol. The van der Waals surface area contributed by atoms with E-state index in [-0.39, 0.29) is 18.1 Å². The van der Waals surface area contributed by atoms with Crippen LogP contribution in [0.15, 0.2) is 30.3 Å². The lowest BCUT2D eigenvalue weighted by Gasteiger charge is -2.29. The molecule has 0 saturated carbocycles. The minimum absolute atomic E-state index is 0.155. The molecule has 0 spiro atoms. The van der Waals surface area contributed by atoms with E-state index in [1.807, 2.05) is 51.1 Å². The number of hydrogen-bond donors (Lipinski definition) is 1. The molecule has 0 aliphatic carbocycles. The Bertz CT molecular complexity index is 598. The predicted octanol–water partition coefficient (Wildman–Crippen LogP) is 2.76. The molecule has 1 saturated heterocycles. The summed E-state index contributed by atoms with van der Waals surface area (Å²) in [6.45, 7) is 6.92. The monoisotopic (exact) mass is 362 g/mol. The quantitative estimate of drug-likeness (QED) is 0.788. The van der Waals surface area contributed by atoms with Gasteiger partial charge in [-0.05, 0) is 52.1 Å². The van der Waals surface area contributed by atoms with Gasteiger partial charge in [0.15, 0.2) is 0 Å². The van der Waals surface area contributed by atoms with Gasteiger partial charge in [-0.15, -0.1) is 0 Å². The molecule has 1 aromatic carbocycles. The van der Waals surface area contributed by atoms with Crippen molar-refractivity contribution in [2.24, 2.45) is 0 Å². The van der Waals surface area contributed by atoms with Crippen molar-refractivity contribution in [1.29, 1.82) is 0 Å². The van der Waals surface area contributed by atoms with Gasteiger partial charge in [0, 0.05) is 12.6 Å². The minimum atomic E-state index is -0.552. The standard InChI is InChI=1S/C20H30N2O4/c1-20(2,3)26-19(24)21-16(13-15-9-6-5-7-10-15)14-22-12-8-11-17(22)18(23)25-4/h5-7,9-10,16-17H,8,11-14H2,1-4H3,(H,21,24)/t16?,17-/m0/s1. The van der Waals surface area contributed by atoms with E-state index in [9.17, 15) is 9.59 Å². The van der Waals surface area contributed by atoms with Crippen LogP contribution in [0.2, 0.25) is 0 Å². The Morgan fingerprint density at radius 3 is 2.58 bits per heavy atom. The van der Waals surface area contributed by atoms with Crippen LogP contribution in [0, 0.1) is 0 Å². The van der Waals surface area contributed by atoms with E-state index in [1.165, 1.54) is 7.11 Å². The van der Waals surface area contributed by atoms with Crippen LogP contribution in [0.25, 0.3) is 0 Å². The molecule has 0 aromatic heterocycles. The third-order valence-corrected chi connectivity index (χ3v) is 4.34. The first kappa shape index (κ1) is 20.2. The molecule has 1 unspecified atom stereocenters. The van der Waals surface area contributed by atoms with Crippen molar-refractivity contribution < 1.29 is 19.1 Å². The first-order valence-electron chi connectivity index (χ1n) is 9.14. The highest BCUT2D eigenvalue weighted by Crippen LogP contribution is 2.19. The van der Waals surface area contributed by atoms with Crippen LogP contribution < -0.4 is 5.32 Å². The van der Waals surface area contributed by atoms with E-state index in [1.54, 1.807) is 0 Å². The molecule has 2 rings (SSSR count). The summed E-state index contributed by atoms with van der Waals surface area (Å²) in [6, 6.07) is 9.60. The summed E-state index contributed by atoms with van der Waals surface area (Å²) in [4.78, 5) is 26.4. The van der Waals surface area contributed by atoms with Gasteiger partial charge in [-0.25, -0.2) is 4.79 Å². The van der Waals surface area contributed by atoms with Crippen LogP contribution >= 0.6 is 0 Å². The fourth-order valence-electron chi connectivity index (χ4n) is 3.26. The first-order chi connectivity index (χ1) is 12.3. The molecule has 1 fully saturated rings. The molecule has 1 aliphatic rings. The van der Waals surface area contributed by atoms with Gasteiger partial charge in [-0.2, -0.15) is 0 Å². The molecule has 6 heteroatoms. The number of alkyl carbamates (subject to hydrolysis) is 1. The highest BCUT2D eigenvalue weighted by molar-refractivity contribution is 5.76. The van der Waals surface area contributed by atoms with Crippen molar-refractivity contribution in [3.05, 3.63) is 35.9 Å². The number of methoxy groups -OCH3 is 1. The average molecular weight is 362 g/mol. The van der Waals surface area contributed by atoms with E-state index < -0.39 is 11.7 Å². The normalized spacial score (nSPS) is 19.0. The summed E-state index contributed by atoms with van der Waals surface area (Å²) < 4.78 is 10.3. The Morgan fingerprint density at radius 1 is 1.27 bits per heavy atom. The van der Waals surface area contributed by atoms with E-state index in [0.717, 1.165) is 24.9 Å². The van der Waals surface area contributed by atoms with Crippen LogP contribution in [0.4, 0.5) is 4.79 Å². The third-order valence-electron chi connectivity index (χ3n) is 4.34. The topological polar surface area (TPSA) is 67.9 Å². The smallest absolute Gasteiger partial charge is 0.407 e. The zero-order valence-electron chi connectivity index (χ0n) is 16.2. The number of amides is 1. The Kier molecular flexibility index (Phi) is 7.03. The average Bonchev–Trinajstić information content (AvgIpc) is 3.01. The van der Waals surface area contributed by atoms with E-state index in [2.05, 4.69) is 10.2 Å². The molecule has 144 valence electrons. The van der Waals surface area contributed by atoms with Crippen molar-refractivity contribution in [3.8, 4) is 0 Å². The summed E-state index contributed by atoms with van der Waals surface area (Å²) in [5.74, 6) is -0.210. The molecule has 0 bridgehead atoms. The summed E-state index contributed by atoms with van der Waals surface area (Å²) in [7, 11) is 1.42. The molecule has 26 heavy (non-hydrogen) atoms. The van der Waals surface area contributed by atoms with Crippen molar-refractivity contribution in [2.75, 3.05) is 20.2 Å². The molecule has 1 aromatic rings. The summed E-state index contributed by atoms with van der Waals surface area (Å²) >= 11 is 0. The van der Waals surface area contributed by atoms with Gasteiger partial charge in [0.05, 0.1) is 7.11 Å². The lowest BCUT2D eigenvalue weighted by atomic mass is 10.1. The lowest BCUT2D eigenvalue weighted by Crippen LogP contribution is -2.49. The van der Waals surface area contributed by atoms with Gasteiger partial charge in [0.1, 0.15) is 11.6 Å². The number of nitrogens with one attached hydrogen (secondary N) is 1. The molecule has 1 aliphatic heterocycles. The summed E-state index contributed by atoms with van der Waals surface area (Å²) in [5.41, 5.74) is 0.575. The van der Waals surface area contributed by atoms with Crippen molar-refractivity contribution in [3.63, 3.8) is 0 Å². The number of benzene rings is 1. The van der Waals surface area contributed by atoms with Crippen LogP contribution in [0.5, 0.6) is 0 Å². The second kappa shape index (κ2) is 9.03. The molecule has 0 radical (unpaired) electrons. The highest BCUT2D eigenvalue weighted by atomic mass is 16.6. The fraction of sp³-hybridized carbons (Fsp3) is 0.600. The highest BCUT2D eigenvalue weighted by Gasteiger charge is 2.33. The van der Waals surface area contributed by atoms with Crippen LogP contribution in [-0.2, 0) is 20.7 Å². The second-order valence-corrected chi connectivity index (χ2v) is 7.71. The van der Waals surface area contributed by atoms with Crippen LogP contribution in [-0.4, -0.2) is 54.8 Å². The maximum atomic E-state index is 12.3. The van der Waals surface area contributed by atoms with Gasteiger partial charge in [-0.1, -0.05) is 30.3 Å². The Morgan fingerprint density at radius 2 is 1.96 bits per heavy atom. The fourth-order valence-corrected chi connectivity index (χ4v) is 3.26. The van der Waals surface area contributed by atoms with E-state index >= 15 is 0 Å². The van der Waals surface area contributed by atoms with E-state index in [0.29, 0.717) is 13.0 Å². The zero-order chi connectivity index (χ0) is 19.2. The maximum Gasteiger partial charge on any atom is 0.407 e. The zero-order valence-corrected chi connectivity index (χ0v) is 16.2. The Hall–Kier alpha value is -2.08. The largest absolute Gasteiger partial charge is 0.468 e. The van der Waals surface area contributed by atoms with Gasteiger partial charge in [0.2, 0.25) is 0 Å².